The summed E-state index contributed by atoms with van der Waals surface area (Å²) in [7, 11) is 1.49. The van der Waals surface area contributed by atoms with Gasteiger partial charge in [-0.1, -0.05) is 0 Å². The first-order chi connectivity index (χ1) is 11.0. The first-order valence-electron chi connectivity index (χ1n) is 7.50. The zero-order chi connectivity index (χ0) is 16.6. The third-order valence-corrected chi connectivity index (χ3v) is 4.42. The largest absolute Gasteiger partial charge is 0.493 e. The van der Waals surface area contributed by atoms with E-state index in [1.165, 1.54) is 12.0 Å². The number of hydrogen-bond acceptors (Lipinski definition) is 5. The van der Waals surface area contributed by atoms with Crippen molar-refractivity contribution in [1.29, 1.82) is 0 Å². The minimum atomic E-state index is -1.18. The Morgan fingerprint density at radius 2 is 2.04 bits per heavy atom. The van der Waals surface area contributed by atoms with Gasteiger partial charge in [-0.25, -0.2) is 4.79 Å². The van der Waals surface area contributed by atoms with Crippen LogP contribution < -0.4 is 14.2 Å². The predicted octanol–water partition coefficient (Wildman–Crippen LogP) is 1.55. The maximum atomic E-state index is 12.8. The number of fused-ring (bicyclic) bond motifs is 1. The van der Waals surface area contributed by atoms with Crippen molar-refractivity contribution in [2.45, 2.75) is 25.3 Å². The number of carboxylic acids is 1. The molecule has 1 fully saturated rings. The van der Waals surface area contributed by atoms with E-state index in [0.29, 0.717) is 55.4 Å². The highest BCUT2D eigenvalue weighted by Gasteiger charge is 2.46. The van der Waals surface area contributed by atoms with Crippen LogP contribution in [0.2, 0.25) is 0 Å². The van der Waals surface area contributed by atoms with E-state index >= 15 is 0 Å². The quantitative estimate of drug-likeness (QED) is 0.909. The summed E-state index contributed by atoms with van der Waals surface area (Å²) in [5, 5.41) is 9.47. The molecule has 7 heteroatoms. The van der Waals surface area contributed by atoms with E-state index < -0.39 is 11.5 Å². The average molecular weight is 321 g/mol. The van der Waals surface area contributed by atoms with E-state index in [1.54, 1.807) is 19.1 Å². The van der Waals surface area contributed by atoms with E-state index in [-0.39, 0.29) is 5.91 Å². The first-order valence-corrected chi connectivity index (χ1v) is 7.50. The summed E-state index contributed by atoms with van der Waals surface area (Å²) in [5.41, 5.74) is -0.849. The standard InChI is InChI=1S/C16H19NO6/c1-16(15(19)20)4-3-5-17(16)14(18)10-8-11(21-2)13-12(9-10)22-6-7-23-13/h8-9H,3-7H2,1-2H3,(H,19,20). The number of carbonyl (C=O) groups is 2. The van der Waals surface area contributed by atoms with Crippen molar-refractivity contribution in [2.24, 2.45) is 0 Å². The monoisotopic (exact) mass is 321 g/mol. The van der Waals surface area contributed by atoms with Gasteiger partial charge in [-0.3, -0.25) is 4.79 Å². The van der Waals surface area contributed by atoms with Gasteiger partial charge in [-0.2, -0.15) is 0 Å². The van der Waals surface area contributed by atoms with Crippen LogP contribution in [-0.4, -0.2) is 54.3 Å². The number of methoxy groups -OCH3 is 1. The van der Waals surface area contributed by atoms with Gasteiger partial charge in [0.15, 0.2) is 11.5 Å². The molecule has 1 saturated heterocycles. The Balaban J connectivity index is 1.98. The number of aliphatic carboxylic acids is 1. The van der Waals surface area contributed by atoms with Crippen molar-refractivity contribution in [3.8, 4) is 17.2 Å². The van der Waals surface area contributed by atoms with Crippen LogP contribution >= 0.6 is 0 Å². The van der Waals surface area contributed by atoms with Crippen LogP contribution in [0.3, 0.4) is 0 Å². The number of rotatable bonds is 3. The Morgan fingerprint density at radius 1 is 1.30 bits per heavy atom. The third kappa shape index (κ3) is 2.46. The van der Waals surface area contributed by atoms with E-state index in [9.17, 15) is 14.7 Å². The number of benzene rings is 1. The summed E-state index contributed by atoms with van der Waals surface area (Å²) in [6.45, 7) is 2.80. The van der Waals surface area contributed by atoms with E-state index in [4.69, 9.17) is 14.2 Å². The van der Waals surface area contributed by atoms with Gasteiger partial charge in [0.05, 0.1) is 7.11 Å². The lowest BCUT2D eigenvalue weighted by Gasteiger charge is -2.31. The van der Waals surface area contributed by atoms with Crippen LogP contribution in [0.15, 0.2) is 12.1 Å². The van der Waals surface area contributed by atoms with Crippen molar-refractivity contribution in [2.75, 3.05) is 26.9 Å². The Hall–Kier alpha value is -2.44. The van der Waals surface area contributed by atoms with Crippen molar-refractivity contribution in [3.63, 3.8) is 0 Å². The van der Waals surface area contributed by atoms with Crippen molar-refractivity contribution in [1.82, 2.24) is 4.90 Å². The van der Waals surface area contributed by atoms with Gasteiger partial charge in [0, 0.05) is 12.1 Å². The molecular weight excluding hydrogens is 302 g/mol. The lowest BCUT2D eigenvalue weighted by atomic mass is 9.98. The van der Waals surface area contributed by atoms with Gasteiger partial charge in [-0.15, -0.1) is 0 Å². The first kappa shape index (κ1) is 15.5. The number of carbonyl (C=O) groups excluding carboxylic acids is 1. The molecule has 0 aromatic heterocycles. The minimum Gasteiger partial charge on any atom is -0.493 e. The van der Waals surface area contributed by atoms with Crippen LogP contribution in [0.25, 0.3) is 0 Å². The molecular formula is C16H19NO6. The molecule has 0 bridgehead atoms. The van der Waals surface area contributed by atoms with Gasteiger partial charge in [0.25, 0.3) is 5.91 Å². The van der Waals surface area contributed by atoms with E-state index in [1.807, 2.05) is 0 Å². The Labute approximate surface area is 133 Å². The Kier molecular flexibility index (Phi) is 3.79. The summed E-state index contributed by atoms with van der Waals surface area (Å²) in [6, 6.07) is 3.15. The maximum Gasteiger partial charge on any atom is 0.329 e. The van der Waals surface area contributed by atoms with E-state index in [0.717, 1.165) is 0 Å². The second-order valence-electron chi connectivity index (χ2n) is 5.84. The fraction of sp³-hybridized carbons (Fsp3) is 0.500. The highest BCUT2D eigenvalue weighted by molar-refractivity contribution is 5.99. The fourth-order valence-electron chi connectivity index (χ4n) is 3.06. The van der Waals surface area contributed by atoms with Gasteiger partial charge >= 0.3 is 5.97 Å². The molecule has 2 heterocycles. The summed E-state index contributed by atoms with van der Waals surface area (Å²) >= 11 is 0. The van der Waals surface area contributed by atoms with Gasteiger partial charge in [0.2, 0.25) is 5.75 Å². The van der Waals surface area contributed by atoms with Gasteiger partial charge in [-0.05, 0) is 31.9 Å². The molecule has 0 aliphatic carbocycles. The highest BCUT2D eigenvalue weighted by atomic mass is 16.6. The van der Waals surface area contributed by atoms with Crippen molar-refractivity contribution in [3.05, 3.63) is 17.7 Å². The summed E-state index contributed by atoms with van der Waals surface area (Å²) in [5.74, 6) is -0.0230. The molecule has 1 unspecified atom stereocenters. The molecule has 0 spiro atoms. The van der Waals surface area contributed by atoms with Crippen LogP contribution in [0.1, 0.15) is 30.1 Å². The number of nitrogens with zero attached hydrogens (tertiary/aromatic N) is 1. The summed E-state index contributed by atoms with van der Waals surface area (Å²) in [4.78, 5) is 25.8. The molecule has 23 heavy (non-hydrogen) atoms. The molecule has 124 valence electrons. The maximum absolute atomic E-state index is 12.8. The normalized spacial score (nSPS) is 22.8. The Bertz CT molecular complexity index is 641. The van der Waals surface area contributed by atoms with E-state index in [2.05, 4.69) is 0 Å². The van der Waals surface area contributed by atoms with Crippen LogP contribution in [0.5, 0.6) is 17.2 Å². The van der Waals surface area contributed by atoms with Crippen LogP contribution in [-0.2, 0) is 4.79 Å². The number of likely N-dealkylation sites (tertiary alicyclic amines) is 1. The molecule has 0 radical (unpaired) electrons. The zero-order valence-corrected chi connectivity index (χ0v) is 13.1. The van der Waals surface area contributed by atoms with Gasteiger partial charge in [0.1, 0.15) is 18.8 Å². The van der Waals surface area contributed by atoms with Gasteiger partial charge < -0.3 is 24.2 Å². The molecule has 1 N–H and O–H groups in total. The molecule has 2 aliphatic heterocycles. The molecule has 1 amide bonds. The average Bonchev–Trinajstić information content (AvgIpc) is 2.96. The number of hydrogen-bond donors (Lipinski definition) is 1. The number of amides is 1. The smallest absolute Gasteiger partial charge is 0.329 e. The van der Waals surface area contributed by atoms with Crippen LogP contribution in [0.4, 0.5) is 0 Å². The lowest BCUT2D eigenvalue weighted by molar-refractivity contribution is -0.147. The van der Waals surface area contributed by atoms with Crippen molar-refractivity contribution < 1.29 is 28.9 Å². The molecule has 3 rings (SSSR count). The molecule has 0 saturated carbocycles. The number of ether oxygens (including phenoxy) is 3. The summed E-state index contributed by atoms with van der Waals surface area (Å²) < 4.78 is 16.3. The summed E-state index contributed by atoms with van der Waals surface area (Å²) in [6.07, 6.45) is 1.10. The topological polar surface area (TPSA) is 85.3 Å². The third-order valence-electron chi connectivity index (χ3n) is 4.42. The molecule has 7 nitrogen and oxygen atoms in total. The SMILES string of the molecule is COc1cc(C(=O)N2CCCC2(C)C(=O)O)cc2c1OCCO2. The molecule has 1 atom stereocenters. The second-order valence-corrected chi connectivity index (χ2v) is 5.84. The fourth-order valence-corrected chi connectivity index (χ4v) is 3.06. The molecule has 1 aromatic carbocycles. The zero-order valence-electron chi connectivity index (χ0n) is 13.1. The van der Waals surface area contributed by atoms with Crippen molar-refractivity contribution >= 4 is 11.9 Å². The second kappa shape index (κ2) is 5.64. The Morgan fingerprint density at radius 3 is 2.74 bits per heavy atom. The molecule has 1 aromatic rings. The number of carboxylic acid groups (broad SMARTS) is 1. The van der Waals surface area contributed by atoms with Crippen LogP contribution in [0, 0.1) is 0 Å². The highest BCUT2D eigenvalue weighted by Crippen LogP contribution is 2.41. The molecule has 2 aliphatic rings. The lowest BCUT2D eigenvalue weighted by Crippen LogP contribution is -2.50. The minimum absolute atomic E-state index is 0.334. The predicted molar refractivity (Wildman–Crippen MR) is 80.3 cm³/mol.